The number of hydrogen-bond acceptors (Lipinski definition) is 3. The molecule has 5 nitrogen and oxygen atoms in total. The molecule has 0 radical (unpaired) electrons. The Hall–Kier alpha value is -1.40. The standard InChI is InChI=1S/C8H8BrN3O2/c9-5-1-3-6(4-2-5)11-7(13)8(14)12-10/h1-4H,10H2,(H,11,13)(H,12,14). The molecule has 1 aromatic carbocycles. The summed E-state index contributed by atoms with van der Waals surface area (Å²) >= 11 is 3.24. The Morgan fingerprint density at radius 2 is 1.71 bits per heavy atom. The minimum Gasteiger partial charge on any atom is -0.318 e. The SMILES string of the molecule is NNC(=O)C(=O)Nc1ccc(Br)cc1. The molecular formula is C8H8BrN3O2. The molecule has 14 heavy (non-hydrogen) atoms. The third kappa shape index (κ3) is 2.82. The summed E-state index contributed by atoms with van der Waals surface area (Å²) in [5.74, 6) is 3.10. The van der Waals surface area contributed by atoms with Crippen molar-refractivity contribution in [3.8, 4) is 0 Å². The first-order valence-electron chi connectivity index (χ1n) is 3.71. The number of carbonyl (C=O) groups is 2. The Kier molecular flexibility index (Phi) is 3.61. The number of hydrazine groups is 1. The molecule has 4 N–H and O–H groups in total. The van der Waals surface area contributed by atoms with Crippen LogP contribution in [0.15, 0.2) is 28.7 Å². The minimum atomic E-state index is -0.882. The van der Waals surface area contributed by atoms with Crippen molar-refractivity contribution in [2.24, 2.45) is 5.84 Å². The van der Waals surface area contributed by atoms with Gasteiger partial charge in [-0.3, -0.25) is 15.0 Å². The number of halogens is 1. The van der Waals surface area contributed by atoms with E-state index in [1.165, 1.54) is 0 Å². The molecule has 2 amide bonds. The average molecular weight is 258 g/mol. The van der Waals surface area contributed by atoms with Gasteiger partial charge < -0.3 is 5.32 Å². The van der Waals surface area contributed by atoms with Gasteiger partial charge in [0.1, 0.15) is 0 Å². The lowest BCUT2D eigenvalue weighted by molar-refractivity contribution is -0.136. The summed E-state index contributed by atoms with van der Waals surface area (Å²) in [4.78, 5) is 21.7. The zero-order valence-corrected chi connectivity index (χ0v) is 8.67. The van der Waals surface area contributed by atoms with E-state index >= 15 is 0 Å². The fraction of sp³-hybridized carbons (Fsp3) is 0. The monoisotopic (exact) mass is 257 g/mol. The van der Waals surface area contributed by atoms with Crippen LogP contribution < -0.4 is 16.6 Å². The van der Waals surface area contributed by atoms with Crippen LogP contribution in [0.3, 0.4) is 0 Å². The van der Waals surface area contributed by atoms with Crippen LogP contribution in [0.2, 0.25) is 0 Å². The Labute approximate surface area is 88.8 Å². The molecular weight excluding hydrogens is 250 g/mol. The van der Waals surface area contributed by atoms with Gasteiger partial charge in [0.05, 0.1) is 0 Å². The maximum absolute atomic E-state index is 11.0. The first kappa shape index (κ1) is 10.7. The smallest absolute Gasteiger partial charge is 0.318 e. The van der Waals surface area contributed by atoms with Crippen molar-refractivity contribution in [3.05, 3.63) is 28.7 Å². The third-order valence-corrected chi connectivity index (χ3v) is 1.97. The number of amides is 2. The van der Waals surface area contributed by atoms with Gasteiger partial charge in [-0.2, -0.15) is 0 Å². The molecule has 74 valence electrons. The molecule has 0 bridgehead atoms. The lowest BCUT2D eigenvalue weighted by Gasteiger charge is -2.03. The fourth-order valence-electron chi connectivity index (χ4n) is 0.787. The highest BCUT2D eigenvalue weighted by molar-refractivity contribution is 9.10. The molecule has 0 aromatic heterocycles. The summed E-state index contributed by atoms with van der Waals surface area (Å²) in [6.45, 7) is 0. The summed E-state index contributed by atoms with van der Waals surface area (Å²) in [5, 5.41) is 2.37. The second kappa shape index (κ2) is 4.73. The summed E-state index contributed by atoms with van der Waals surface area (Å²) in [5.41, 5.74) is 2.27. The quantitative estimate of drug-likeness (QED) is 0.294. The maximum atomic E-state index is 11.0. The van der Waals surface area contributed by atoms with Gasteiger partial charge in [0.15, 0.2) is 0 Å². The third-order valence-electron chi connectivity index (χ3n) is 1.44. The predicted molar refractivity (Wildman–Crippen MR) is 55.1 cm³/mol. The highest BCUT2D eigenvalue weighted by atomic mass is 79.9. The Morgan fingerprint density at radius 1 is 1.14 bits per heavy atom. The Morgan fingerprint density at radius 3 is 2.21 bits per heavy atom. The molecule has 1 rings (SSSR count). The number of carbonyl (C=O) groups excluding carboxylic acids is 2. The van der Waals surface area contributed by atoms with Crippen molar-refractivity contribution >= 4 is 33.4 Å². The van der Waals surface area contributed by atoms with Gasteiger partial charge in [-0.05, 0) is 24.3 Å². The van der Waals surface area contributed by atoms with Crippen molar-refractivity contribution in [2.75, 3.05) is 5.32 Å². The van der Waals surface area contributed by atoms with Crippen molar-refractivity contribution in [1.29, 1.82) is 0 Å². The topological polar surface area (TPSA) is 84.2 Å². The molecule has 1 aromatic rings. The molecule has 0 aliphatic rings. The van der Waals surface area contributed by atoms with Crippen LogP contribution in [-0.4, -0.2) is 11.8 Å². The van der Waals surface area contributed by atoms with E-state index < -0.39 is 11.8 Å². The summed E-state index contributed by atoms with van der Waals surface area (Å²) in [7, 11) is 0. The molecule has 0 fully saturated rings. The zero-order valence-electron chi connectivity index (χ0n) is 7.08. The predicted octanol–water partition coefficient (Wildman–Crippen LogP) is 0.377. The van der Waals surface area contributed by atoms with Gasteiger partial charge in [0, 0.05) is 10.2 Å². The van der Waals surface area contributed by atoms with Gasteiger partial charge in [-0.1, -0.05) is 15.9 Å². The number of nitrogens with one attached hydrogen (secondary N) is 2. The Bertz CT molecular complexity index is 350. The van der Waals surface area contributed by atoms with Crippen LogP contribution in [0.5, 0.6) is 0 Å². The van der Waals surface area contributed by atoms with E-state index in [2.05, 4.69) is 21.2 Å². The van der Waals surface area contributed by atoms with Crippen LogP contribution >= 0.6 is 15.9 Å². The zero-order chi connectivity index (χ0) is 10.6. The van der Waals surface area contributed by atoms with E-state index in [1.807, 2.05) is 0 Å². The van der Waals surface area contributed by atoms with Gasteiger partial charge in [0.2, 0.25) is 0 Å². The largest absolute Gasteiger partial charge is 0.323 e. The van der Waals surface area contributed by atoms with E-state index in [-0.39, 0.29) is 0 Å². The van der Waals surface area contributed by atoms with E-state index in [1.54, 1.807) is 29.7 Å². The second-order valence-electron chi connectivity index (χ2n) is 2.43. The van der Waals surface area contributed by atoms with Gasteiger partial charge in [-0.15, -0.1) is 0 Å². The van der Waals surface area contributed by atoms with E-state index in [9.17, 15) is 9.59 Å². The number of benzene rings is 1. The van der Waals surface area contributed by atoms with Crippen molar-refractivity contribution in [1.82, 2.24) is 5.43 Å². The van der Waals surface area contributed by atoms with E-state index in [0.717, 1.165) is 4.47 Å². The fourth-order valence-corrected chi connectivity index (χ4v) is 1.05. The summed E-state index contributed by atoms with van der Waals surface area (Å²) in [6, 6.07) is 6.81. The second-order valence-corrected chi connectivity index (χ2v) is 3.35. The molecule has 0 aliphatic carbocycles. The number of hydrogen-bond donors (Lipinski definition) is 3. The maximum Gasteiger partial charge on any atom is 0.323 e. The molecule has 0 heterocycles. The lowest BCUT2D eigenvalue weighted by atomic mass is 10.3. The van der Waals surface area contributed by atoms with Crippen LogP contribution in [-0.2, 0) is 9.59 Å². The van der Waals surface area contributed by atoms with Crippen molar-refractivity contribution in [2.45, 2.75) is 0 Å². The summed E-state index contributed by atoms with van der Waals surface area (Å²) < 4.78 is 0.888. The molecule has 0 saturated heterocycles. The Balaban J connectivity index is 2.65. The van der Waals surface area contributed by atoms with E-state index in [0.29, 0.717) is 5.69 Å². The molecule has 0 atom stereocenters. The lowest BCUT2D eigenvalue weighted by Crippen LogP contribution is -2.39. The van der Waals surface area contributed by atoms with Gasteiger partial charge in [-0.25, -0.2) is 5.84 Å². The molecule has 6 heteroatoms. The summed E-state index contributed by atoms with van der Waals surface area (Å²) in [6.07, 6.45) is 0. The van der Waals surface area contributed by atoms with E-state index in [4.69, 9.17) is 5.84 Å². The van der Waals surface area contributed by atoms with Crippen LogP contribution in [0.1, 0.15) is 0 Å². The molecule has 0 saturated carbocycles. The first-order valence-corrected chi connectivity index (χ1v) is 4.50. The van der Waals surface area contributed by atoms with Crippen molar-refractivity contribution in [3.63, 3.8) is 0 Å². The highest BCUT2D eigenvalue weighted by Crippen LogP contribution is 2.13. The normalized spacial score (nSPS) is 9.29. The first-order chi connectivity index (χ1) is 6.63. The minimum absolute atomic E-state index is 0.529. The van der Waals surface area contributed by atoms with Gasteiger partial charge in [0.25, 0.3) is 0 Å². The number of nitrogens with two attached hydrogens (primary N) is 1. The van der Waals surface area contributed by atoms with Gasteiger partial charge >= 0.3 is 11.8 Å². The van der Waals surface area contributed by atoms with Crippen LogP contribution in [0, 0.1) is 0 Å². The molecule has 0 unspecified atom stereocenters. The number of anilines is 1. The molecule has 0 spiro atoms. The van der Waals surface area contributed by atoms with Crippen LogP contribution in [0.4, 0.5) is 5.69 Å². The van der Waals surface area contributed by atoms with Crippen molar-refractivity contribution < 1.29 is 9.59 Å². The average Bonchev–Trinajstić information content (AvgIpc) is 2.20. The van der Waals surface area contributed by atoms with Crippen LogP contribution in [0.25, 0.3) is 0 Å². The number of rotatable bonds is 1. The highest BCUT2D eigenvalue weighted by Gasteiger charge is 2.10. The molecule has 0 aliphatic heterocycles.